The van der Waals surface area contributed by atoms with E-state index in [1.54, 1.807) is 19.1 Å². The third-order valence-electron chi connectivity index (χ3n) is 2.02. The number of nitro groups is 1. The first kappa shape index (κ1) is 12.0. The van der Waals surface area contributed by atoms with Gasteiger partial charge in [0.25, 0.3) is 0 Å². The van der Waals surface area contributed by atoms with E-state index in [9.17, 15) is 10.1 Å². The SMILES string of the molecule is Cc1ccc([N+](=O)[O-])c(OC(C)CC#N)c1. The Morgan fingerprint density at radius 1 is 1.62 bits per heavy atom. The zero-order valence-corrected chi connectivity index (χ0v) is 9.14. The maximum Gasteiger partial charge on any atom is 0.310 e. The molecule has 1 aromatic carbocycles. The molecular weight excluding hydrogens is 208 g/mol. The quantitative estimate of drug-likeness (QED) is 0.577. The Kier molecular flexibility index (Phi) is 3.84. The van der Waals surface area contributed by atoms with Crippen molar-refractivity contribution in [2.45, 2.75) is 26.4 Å². The monoisotopic (exact) mass is 220 g/mol. The lowest BCUT2D eigenvalue weighted by Crippen LogP contribution is -2.11. The van der Waals surface area contributed by atoms with E-state index in [-0.39, 0.29) is 24.0 Å². The van der Waals surface area contributed by atoms with E-state index in [4.69, 9.17) is 10.00 Å². The molecule has 16 heavy (non-hydrogen) atoms. The van der Waals surface area contributed by atoms with Crippen LogP contribution in [0.5, 0.6) is 5.75 Å². The maximum absolute atomic E-state index is 10.7. The van der Waals surface area contributed by atoms with Crippen LogP contribution in [-0.4, -0.2) is 11.0 Å². The molecule has 5 nitrogen and oxygen atoms in total. The standard InChI is InChI=1S/C11H12N2O3/c1-8-3-4-10(13(14)15)11(7-8)16-9(2)5-6-12/h3-4,7,9H,5H2,1-2H3. The van der Waals surface area contributed by atoms with Crippen LogP contribution in [0.1, 0.15) is 18.9 Å². The van der Waals surface area contributed by atoms with Gasteiger partial charge in [-0.05, 0) is 25.5 Å². The molecule has 0 spiro atoms. The molecule has 1 atom stereocenters. The number of hydrogen-bond acceptors (Lipinski definition) is 4. The number of rotatable bonds is 4. The van der Waals surface area contributed by atoms with Crippen LogP contribution < -0.4 is 4.74 Å². The summed E-state index contributed by atoms with van der Waals surface area (Å²) in [6.45, 7) is 3.53. The normalized spacial score (nSPS) is 11.6. The fourth-order valence-electron chi connectivity index (χ4n) is 1.25. The lowest BCUT2D eigenvalue weighted by molar-refractivity contribution is -0.386. The highest BCUT2D eigenvalue weighted by Gasteiger charge is 2.16. The summed E-state index contributed by atoms with van der Waals surface area (Å²) < 4.78 is 5.36. The van der Waals surface area contributed by atoms with Gasteiger partial charge in [-0.1, -0.05) is 6.07 Å². The van der Waals surface area contributed by atoms with Gasteiger partial charge in [0, 0.05) is 6.07 Å². The third kappa shape index (κ3) is 2.95. The van der Waals surface area contributed by atoms with Crippen molar-refractivity contribution in [2.24, 2.45) is 0 Å². The van der Waals surface area contributed by atoms with Crippen LogP contribution >= 0.6 is 0 Å². The summed E-state index contributed by atoms with van der Waals surface area (Å²) in [5.41, 5.74) is 0.806. The van der Waals surface area contributed by atoms with Gasteiger partial charge in [0.2, 0.25) is 0 Å². The number of nitro benzene ring substituents is 1. The van der Waals surface area contributed by atoms with Gasteiger partial charge in [-0.3, -0.25) is 10.1 Å². The van der Waals surface area contributed by atoms with Crippen LogP contribution in [0.25, 0.3) is 0 Å². The summed E-state index contributed by atoms with van der Waals surface area (Å²) in [5.74, 6) is 0.216. The van der Waals surface area contributed by atoms with E-state index in [0.29, 0.717) is 0 Å². The molecule has 0 fully saturated rings. The van der Waals surface area contributed by atoms with E-state index >= 15 is 0 Å². The summed E-state index contributed by atoms with van der Waals surface area (Å²) in [6, 6.07) is 6.62. The average molecular weight is 220 g/mol. The van der Waals surface area contributed by atoms with E-state index in [1.807, 2.05) is 13.0 Å². The summed E-state index contributed by atoms with van der Waals surface area (Å²) in [6.07, 6.45) is -0.157. The molecule has 0 saturated carbocycles. The molecule has 0 aliphatic heterocycles. The first-order chi connectivity index (χ1) is 7.54. The molecule has 0 aliphatic carbocycles. The molecule has 5 heteroatoms. The van der Waals surface area contributed by atoms with Gasteiger partial charge in [0.15, 0.2) is 5.75 Å². The number of ether oxygens (including phenoxy) is 1. The molecular formula is C11H12N2O3. The molecule has 0 radical (unpaired) electrons. The van der Waals surface area contributed by atoms with E-state index in [0.717, 1.165) is 5.56 Å². The van der Waals surface area contributed by atoms with E-state index < -0.39 is 4.92 Å². The zero-order valence-electron chi connectivity index (χ0n) is 9.14. The Hall–Kier alpha value is -2.09. The molecule has 0 aromatic heterocycles. The minimum Gasteiger partial charge on any atom is -0.483 e. The highest BCUT2D eigenvalue weighted by molar-refractivity contribution is 5.48. The fourth-order valence-corrected chi connectivity index (χ4v) is 1.25. The number of nitrogens with zero attached hydrogens (tertiary/aromatic N) is 2. The Morgan fingerprint density at radius 2 is 2.31 bits per heavy atom. The first-order valence-electron chi connectivity index (χ1n) is 4.83. The molecule has 1 aromatic rings. The Bertz CT molecular complexity index is 437. The minimum absolute atomic E-state index is 0.0737. The number of aryl methyl sites for hydroxylation is 1. The highest BCUT2D eigenvalue weighted by atomic mass is 16.6. The van der Waals surface area contributed by atoms with E-state index in [2.05, 4.69) is 0 Å². The summed E-state index contributed by atoms with van der Waals surface area (Å²) in [4.78, 5) is 10.2. The predicted octanol–water partition coefficient (Wildman–Crippen LogP) is 2.58. The van der Waals surface area contributed by atoms with Crippen molar-refractivity contribution in [3.05, 3.63) is 33.9 Å². The molecule has 0 bridgehead atoms. The molecule has 0 saturated heterocycles. The van der Waals surface area contributed by atoms with Crippen molar-refractivity contribution in [3.63, 3.8) is 0 Å². The fraction of sp³-hybridized carbons (Fsp3) is 0.364. The molecule has 84 valence electrons. The molecule has 1 unspecified atom stereocenters. The molecule has 0 amide bonds. The van der Waals surface area contributed by atoms with Gasteiger partial charge < -0.3 is 4.74 Å². The van der Waals surface area contributed by atoms with Crippen LogP contribution in [0.3, 0.4) is 0 Å². The van der Waals surface area contributed by atoms with Crippen molar-refractivity contribution < 1.29 is 9.66 Å². The largest absolute Gasteiger partial charge is 0.483 e. The van der Waals surface area contributed by atoms with Crippen molar-refractivity contribution in [3.8, 4) is 11.8 Å². The number of benzene rings is 1. The van der Waals surface area contributed by atoms with Gasteiger partial charge in [-0.2, -0.15) is 5.26 Å². The van der Waals surface area contributed by atoms with Crippen molar-refractivity contribution in [1.29, 1.82) is 5.26 Å². The Balaban J connectivity index is 2.97. The Labute approximate surface area is 93.4 Å². The van der Waals surface area contributed by atoms with Crippen LogP contribution in [-0.2, 0) is 0 Å². The first-order valence-corrected chi connectivity index (χ1v) is 4.83. The topological polar surface area (TPSA) is 76.2 Å². The summed E-state index contributed by atoms with van der Waals surface area (Å²) >= 11 is 0. The van der Waals surface area contributed by atoms with Gasteiger partial charge in [-0.25, -0.2) is 0 Å². The molecule has 0 N–H and O–H groups in total. The van der Waals surface area contributed by atoms with Gasteiger partial charge >= 0.3 is 5.69 Å². The van der Waals surface area contributed by atoms with Crippen molar-refractivity contribution in [1.82, 2.24) is 0 Å². The van der Waals surface area contributed by atoms with Crippen molar-refractivity contribution >= 4 is 5.69 Å². The molecule has 0 aliphatic rings. The molecule has 1 rings (SSSR count). The van der Waals surface area contributed by atoms with Gasteiger partial charge in [0.05, 0.1) is 17.4 Å². The highest BCUT2D eigenvalue weighted by Crippen LogP contribution is 2.28. The second-order valence-electron chi connectivity index (χ2n) is 3.52. The van der Waals surface area contributed by atoms with Gasteiger partial charge in [-0.15, -0.1) is 0 Å². The lowest BCUT2D eigenvalue weighted by atomic mass is 10.2. The molecule has 0 heterocycles. The second-order valence-corrected chi connectivity index (χ2v) is 3.52. The smallest absolute Gasteiger partial charge is 0.310 e. The number of nitriles is 1. The van der Waals surface area contributed by atoms with Crippen LogP contribution in [0.15, 0.2) is 18.2 Å². The third-order valence-corrected chi connectivity index (χ3v) is 2.02. The van der Waals surface area contributed by atoms with Crippen LogP contribution in [0.4, 0.5) is 5.69 Å². The zero-order chi connectivity index (χ0) is 12.1. The lowest BCUT2D eigenvalue weighted by Gasteiger charge is -2.11. The van der Waals surface area contributed by atoms with Crippen LogP contribution in [0, 0.1) is 28.4 Å². The number of hydrogen-bond donors (Lipinski definition) is 0. The van der Waals surface area contributed by atoms with Gasteiger partial charge in [0.1, 0.15) is 6.10 Å². The second kappa shape index (κ2) is 5.12. The van der Waals surface area contributed by atoms with Crippen LogP contribution in [0.2, 0.25) is 0 Å². The minimum atomic E-state index is -0.492. The summed E-state index contributed by atoms with van der Waals surface area (Å²) in [5, 5.41) is 19.2. The maximum atomic E-state index is 10.7. The average Bonchev–Trinajstić information content (AvgIpc) is 2.17. The predicted molar refractivity (Wildman–Crippen MR) is 58.2 cm³/mol. The van der Waals surface area contributed by atoms with E-state index in [1.165, 1.54) is 6.07 Å². The Morgan fingerprint density at radius 3 is 2.88 bits per heavy atom. The summed E-state index contributed by atoms with van der Waals surface area (Å²) in [7, 11) is 0. The van der Waals surface area contributed by atoms with Crippen molar-refractivity contribution in [2.75, 3.05) is 0 Å².